The van der Waals surface area contributed by atoms with Gasteiger partial charge in [0.05, 0.1) is 28.0 Å². The smallest absolute Gasteiger partial charge is 0.271 e. The maximum Gasteiger partial charge on any atom is 0.271 e. The van der Waals surface area contributed by atoms with Crippen LogP contribution in [0.1, 0.15) is 23.5 Å². The molecule has 34 heavy (non-hydrogen) atoms. The van der Waals surface area contributed by atoms with Gasteiger partial charge >= 0.3 is 0 Å². The lowest BCUT2D eigenvalue weighted by Gasteiger charge is -2.29. The van der Waals surface area contributed by atoms with Gasteiger partial charge in [0.2, 0.25) is 0 Å². The van der Waals surface area contributed by atoms with Crippen LogP contribution in [0.4, 0.5) is 11.4 Å². The molecule has 1 fully saturated rings. The van der Waals surface area contributed by atoms with Gasteiger partial charge in [0.15, 0.2) is 5.11 Å². The van der Waals surface area contributed by atoms with Gasteiger partial charge in [-0.2, -0.15) is 0 Å². The SMILES string of the molecule is O=[N+]([O-])c1cccc(-n2cccc2[C@@H]2[C@@H](c3ccccn3)NC(=S)N2c2cc(Cl)ccc2O)c1. The normalized spacial score (nSPS) is 17.6. The van der Waals surface area contributed by atoms with Crippen LogP contribution >= 0.6 is 23.8 Å². The summed E-state index contributed by atoms with van der Waals surface area (Å²) < 4.78 is 1.87. The first-order valence-electron chi connectivity index (χ1n) is 10.4. The van der Waals surface area contributed by atoms with Gasteiger partial charge in [-0.15, -0.1) is 0 Å². The molecule has 0 radical (unpaired) electrons. The Bertz CT molecular complexity index is 1390. The molecule has 1 saturated heterocycles. The van der Waals surface area contributed by atoms with Crippen molar-refractivity contribution < 1.29 is 10.0 Å². The number of hydrogen-bond donors (Lipinski definition) is 2. The third-order valence-electron chi connectivity index (χ3n) is 5.70. The number of benzene rings is 2. The second-order valence-electron chi connectivity index (χ2n) is 7.71. The number of aromatic hydroxyl groups is 1. The Morgan fingerprint density at radius 2 is 1.94 bits per heavy atom. The first-order chi connectivity index (χ1) is 16.4. The second kappa shape index (κ2) is 8.77. The third kappa shape index (κ3) is 3.85. The van der Waals surface area contributed by atoms with Crippen LogP contribution in [-0.2, 0) is 0 Å². The van der Waals surface area contributed by atoms with Crippen molar-refractivity contribution in [2.45, 2.75) is 12.1 Å². The number of nitrogens with zero attached hydrogens (tertiary/aromatic N) is 4. The fraction of sp³-hybridized carbons (Fsp3) is 0.0833. The Balaban J connectivity index is 1.69. The summed E-state index contributed by atoms with van der Waals surface area (Å²) in [6, 6.07) is 19.8. The standard InChI is InChI=1S/C24H18ClN5O3S/c25-15-9-10-21(31)20(13-15)29-23(22(27-24(29)34)18-7-1-2-11-26-18)19-8-4-12-28(19)16-5-3-6-17(14-16)30(32)33/h1-14,22-23,31H,(H,27,34)/t22-,23-/m1/s1. The molecule has 0 amide bonds. The van der Waals surface area contributed by atoms with Gasteiger partial charge in [0.25, 0.3) is 5.69 Å². The van der Waals surface area contributed by atoms with E-state index >= 15 is 0 Å². The summed E-state index contributed by atoms with van der Waals surface area (Å²) in [5.41, 5.74) is 2.61. The number of non-ortho nitro benzene ring substituents is 1. The number of rotatable bonds is 5. The second-order valence-corrected chi connectivity index (χ2v) is 8.53. The zero-order valence-electron chi connectivity index (χ0n) is 17.6. The number of aromatic nitrogens is 2. The monoisotopic (exact) mass is 491 g/mol. The number of thiocarbonyl (C=S) groups is 1. The van der Waals surface area contributed by atoms with Crippen molar-refractivity contribution >= 4 is 40.3 Å². The minimum Gasteiger partial charge on any atom is -0.506 e. The van der Waals surface area contributed by atoms with E-state index in [1.807, 2.05) is 41.1 Å². The van der Waals surface area contributed by atoms with Crippen molar-refractivity contribution in [1.29, 1.82) is 0 Å². The van der Waals surface area contributed by atoms with Gasteiger partial charge in [-0.05, 0) is 60.7 Å². The van der Waals surface area contributed by atoms with E-state index in [1.165, 1.54) is 18.2 Å². The van der Waals surface area contributed by atoms with E-state index in [1.54, 1.807) is 35.4 Å². The van der Waals surface area contributed by atoms with E-state index in [-0.39, 0.29) is 17.5 Å². The number of phenolic OH excluding ortho intramolecular Hbond substituents is 1. The highest BCUT2D eigenvalue weighted by atomic mass is 35.5. The van der Waals surface area contributed by atoms with Gasteiger partial charge in [0, 0.05) is 35.2 Å². The number of nitro groups is 1. The van der Waals surface area contributed by atoms with Crippen LogP contribution in [0.3, 0.4) is 0 Å². The Kier molecular flexibility index (Phi) is 5.64. The summed E-state index contributed by atoms with van der Waals surface area (Å²) in [4.78, 5) is 17.3. The van der Waals surface area contributed by atoms with Gasteiger partial charge < -0.3 is 19.9 Å². The molecule has 0 aliphatic carbocycles. The quantitative estimate of drug-likeness (QED) is 0.221. The van der Waals surface area contributed by atoms with Gasteiger partial charge in [-0.25, -0.2) is 0 Å². The maximum atomic E-state index is 11.4. The fourth-order valence-corrected chi connectivity index (χ4v) is 4.74. The average molecular weight is 492 g/mol. The molecule has 10 heteroatoms. The molecule has 170 valence electrons. The van der Waals surface area contributed by atoms with Crippen LogP contribution in [0.15, 0.2) is 85.2 Å². The van der Waals surface area contributed by atoms with Crippen molar-refractivity contribution in [3.05, 3.63) is 112 Å². The van der Waals surface area contributed by atoms with E-state index in [0.29, 0.717) is 21.5 Å². The molecule has 2 aromatic carbocycles. The molecule has 0 unspecified atom stereocenters. The lowest BCUT2D eigenvalue weighted by molar-refractivity contribution is -0.384. The predicted molar refractivity (Wildman–Crippen MR) is 133 cm³/mol. The Hall–Kier alpha value is -3.95. The predicted octanol–water partition coefficient (Wildman–Crippen LogP) is 5.32. The average Bonchev–Trinajstić information content (AvgIpc) is 3.45. The minimum absolute atomic E-state index is 0.0113. The first-order valence-corrected chi connectivity index (χ1v) is 11.1. The molecule has 8 nitrogen and oxygen atoms in total. The molecule has 0 spiro atoms. The van der Waals surface area contributed by atoms with E-state index in [2.05, 4.69) is 10.3 Å². The number of hydrogen-bond acceptors (Lipinski definition) is 5. The van der Waals surface area contributed by atoms with Crippen molar-refractivity contribution in [1.82, 2.24) is 14.9 Å². The van der Waals surface area contributed by atoms with Crippen molar-refractivity contribution in [2.75, 3.05) is 4.90 Å². The van der Waals surface area contributed by atoms with E-state index in [0.717, 1.165) is 11.4 Å². The molecule has 3 heterocycles. The van der Waals surface area contributed by atoms with Gasteiger partial charge in [-0.3, -0.25) is 15.1 Å². The zero-order valence-corrected chi connectivity index (χ0v) is 19.1. The third-order valence-corrected chi connectivity index (χ3v) is 6.25. The molecule has 0 saturated carbocycles. The Morgan fingerprint density at radius 1 is 1.09 bits per heavy atom. The molecule has 2 aromatic heterocycles. The molecule has 1 aliphatic rings. The molecule has 4 aromatic rings. The number of halogens is 1. The number of nitro benzene ring substituents is 1. The topological polar surface area (TPSA) is 96.5 Å². The van der Waals surface area contributed by atoms with Crippen LogP contribution in [0, 0.1) is 10.1 Å². The Morgan fingerprint density at radius 3 is 2.71 bits per heavy atom. The van der Waals surface area contributed by atoms with Crippen LogP contribution in [0.2, 0.25) is 5.02 Å². The van der Waals surface area contributed by atoms with Crippen molar-refractivity contribution in [2.24, 2.45) is 0 Å². The largest absolute Gasteiger partial charge is 0.506 e. The summed E-state index contributed by atoms with van der Waals surface area (Å²) in [5, 5.41) is 26.2. The van der Waals surface area contributed by atoms with Crippen molar-refractivity contribution in [3.63, 3.8) is 0 Å². The first kappa shape index (κ1) is 21.9. The summed E-state index contributed by atoms with van der Waals surface area (Å²) >= 11 is 12.0. The number of anilines is 1. The number of phenols is 1. The van der Waals surface area contributed by atoms with Crippen LogP contribution in [-0.4, -0.2) is 24.7 Å². The maximum absolute atomic E-state index is 11.4. The molecular formula is C24H18ClN5O3S. The van der Waals surface area contributed by atoms with Gasteiger partial charge in [-0.1, -0.05) is 23.7 Å². The zero-order chi connectivity index (χ0) is 23.8. The highest BCUT2D eigenvalue weighted by Crippen LogP contribution is 2.45. The van der Waals surface area contributed by atoms with Crippen molar-refractivity contribution in [3.8, 4) is 11.4 Å². The summed E-state index contributed by atoms with van der Waals surface area (Å²) in [6.45, 7) is 0. The molecule has 5 rings (SSSR count). The summed E-state index contributed by atoms with van der Waals surface area (Å²) in [6.07, 6.45) is 3.54. The Labute approximate surface area is 205 Å². The summed E-state index contributed by atoms with van der Waals surface area (Å²) in [5.74, 6) is 0.0219. The molecule has 2 atom stereocenters. The molecule has 0 bridgehead atoms. The lowest BCUT2D eigenvalue weighted by Crippen LogP contribution is -2.30. The van der Waals surface area contributed by atoms with Crippen LogP contribution in [0.5, 0.6) is 5.75 Å². The van der Waals surface area contributed by atoms with E-state index in [4.69, 9.17) is 23.8 Å². The highest BCUT2D eigenvalue weighted by molar-refractivity contribution is 7.80. The van der Waals surface area contributed by atoms with E-state index < -0.39 is 11.0 Å². The van der Waals surface area contributed by atoms with Crippen LogP contribution < -0.4 is 10.2 Å². The number of pyridine rings is 1. The van der Waals surface area contributed by atoms with Crippen LogP contribution in [0.25, 0.3) is 5.69 Å². The summed E-state index contributed by atoms with van der Waals surface area (Å²) in [7, 11) is 0. The minimum atomic E-state index is -0.443. The number of nitrogens with one attached hydrogen (secondary N) is 1. The van der Waals surface area contributed by atoms with E-state index in [9.17, 15) is 15.2 Å². The lowest BCUT2D eigenvalue weighted by atomic mass is 10.0. The molecule has 2 N–H and O–H groups in total. The van der Waals surface area contributed by atoms with Gasteiger partial charge in [0.1, 0.15) is 11.8 Å². The fourth-order valence-electron chi connectivity index (χ4n) is 4.23. The molecular weight excluding hydrogens is 474 g/mol. The highest BCUT2D eigenvalue weighted by Gasteiger charge is 2.43. The molecule has 1 aliphatic heterocycles.